The maximum Gasteiger partial charge on any atom is 0.512 e. The Labute approximate surface area is 81.4 Å². The number of para-hydroxylation sites is 1. The smallest absolute Gasteiger partial charge is 0.451 e. The van der Waals surface area contributed by atoms with Gasteiger partial charge in [-0.2, -0.15) is 0 Å². The van der Waals surface area contributed by atoms with Crippen LogP contribution in [0, 0.1) is 0 Å². The molecule has 0 radical (unpaired) electrons. The van der Waals surface area contributed by atoms with E-state index in [1.165, 1.54) is 0 Å². The lowest BCUT2D eigenvalue weighted by Crippen LogP contribution is -2.25. The zero-order valence-corrected chi connectivity index (χ0v) is 7.67. The van der Waals surface area contributed by atoms with Gasteiger partial charge in [-0.25, -0.2) is 4.79 Å². The summed E-state index contributed by atoms with van der Waals surface area (Å²) in [7, 11) is 0. The van der Waals surface area contributed by atoms with Gasteiger partial charge in [-0.3, -0.25) is 0 Å². The molecule has 1 saturated heterocycles. The van der Waals surface area contributed by atoms with Gasteiger partial charge in [-0.05, 0) is 19.1 Å². The minimum absolute atomic E-state index is 0.372. The number of carbonyl (C=O) groups is 1. The lowest BCUT2D eigenvalue weighted by atomic mass is 10.3. The number of benzene rings is 1. The van der Waals surface area contributed by atoms with Crippen molar-refractivity contribution in [2.24, 2.45) is 0 Å². The summed E-state index contributed by atoms with van der Waals surface area (Å²) in [6, 6.07) is 9.15. The van der Waals surface area contributed by atoms with E-state index in [9.17, 15) is 4.79 Å². The second-order valence-electron chi connectivity index (χ2n) is 2.99. The monoisotopic (exact) mass is 194 g/mol. The molecule has 2 rings (SSSR count). The summed E-state index contributed by atoms with van der Waals surface area (Å²) in [5.41, 5.74) is 0. The molecule has 0 saturated carbocycles. The van der Waals surface area contributed by atoms with Gasteiger partial charge in [0.1, 0.15) is 5.75 Å². The molecule has 0 amide bonds. The van der Waals surface area contributed by atoms with Crippen molar-refractivity contribution in [1.29, 1.82) is 0 Å². The standard InChI is InChI=1S/C10H10O4/c1-7-9(14-10(11)12-7)13-8-5-3-2-4-6-8/h2-7,9H,1H3. The molecule has 1 fully saturated rings. The SMILES string of the molecule is CC1OC(=O)OC1Oc1ccccc1. The Hall–Kier alpha value is -1.71. The largest absolute Gasteiger partial charge is 0.512 e. The molecule has 0 N–H and O–H groups in total. The van der Waals surface area contributed by atoms with Crippen LogP contribution >= 0.6 is 0 Å². The van der Waals surface area contributed by atoms with Gasteiger partial charge >= 0.3 is 6.16 Å². The van der Waals surface area contributed by atoms with Crippen molar-refractivity contribution >= 4 is 6.16 Å². The lowest BCUT2D eigenvalue weighted by Gasteiger charge is -2.13. The summed E-state index contributed by atoms with van der Waals surface area (Å²) >= 11 is 0. The van der Waals surface area contributed by atoms with E-state index in [0.717, 1.165) is 0 Å². The maximum absolute atomic E-state index is 10.7. The Bertz CT molecular complexity index is 322. The normalized spacial score (nSPS) is 25.4. The van der Waals surface area contributed by atoms with E-state index in [0.29, 0.717) is 5.75 Å². The fourth-order valence-electron chi connectivity index (χ4n) is 1.18. The summed E-state index contributed by atoms with van der Waals surface area (Å²) in [6.45, 7) is 1.72. The maximum atomic E-state index is 10.7. The van der Waals surface area contributed by atoms with Crippen molar-refractivity contribution in [3.8, 4) is 5.75 Å². The molecule has 2 atom stereocenters. The van der Waals surface area contributed by atoms with E-state index in [1.807, 2.05) is 18.2 Å². The average molecular weight is 194 g/mol. The number of rotatable bonds is 2. The Morgan fingerprint density at radius 3 is 2.50 bits per heavy atom. The second-order valence-corrected chi connectivity index (χ2v) is 2.99. The van der Waals surface area contributed by atoms with Crippen LogP contribution in [-0.4, -0.2) is 18.5 Å². The van der Waals surface area contributed by atoms with E-state index in [1.54, 1.807) is 19.1 Å². The quantitative estimate of drug-likeness (QED) is 0.675. The van der Waals surface area contributed by atoms with Crippen LogP contribution in [0.4, 0.5) is 4.79 Å². The highest BCUT2D eigenvalue weighted by Gasteiger charge is 2.34. The molecular weight excluding hydrogens is 184 g/mol. The molecule has 2 unspecified atom stereocenters. The van der Waals surface area contributed by atoms with Crippen molar-refractivity contribution in [2.45, 2.75) is 19.3 Å². The summed E-state index contributed by atoms with van der Waals surface area (Å²) in [5.74, 6) is 0.655. The third-order valence-electron chi connectivity index (χ3n) is 1.87. The molecule has 1 aliphatic heterocycles. The second kappa shape index (κ2) is 3.57. The van der Waals surface area contributed by atoms with Crippen molar-refractivity contribution in [3.05, 3.63) is 30.3 Å². The number of cyclic esters (lactones) is 2. The van der Waals surface area contributed by atoms with Crippen LogP contribution in [-0.2, 0) is 9.47 Å². The number of hydrogen-bond acceptors (Lipinski definition) is 4. The first-order valence-electron chi connectivity index (χ1n) is 4.34. The Morgan fingerprint density at radius 2 is 1.93 bits per heavy atom. The zero-order chi connectivity index (χ0) is 9.97. The van der Waals surface area contributed by atoms with Crippen LogP contribution in [0.3, 0.4) is 0 Å². The summed E-state index contributed by atoms with van der Waals surface area (Å²) in [6.07, 6.45) is -1.70. The van der Waals surface area contributed by atoms with Crippen molar-refractivity contribution in [1.82, 2.24) is 0 Å². The molecule has 1 aromatic carbocycles. The first kappa shape index (κ1) is 8.87. The number of carbonyl (C=O) groups excluding carboxylic acids is 1. The van der Waals surface area contributed by atoms with Gasteiger partial charge in [0.05, 0.1) is 0 Å². The van der Waals surface area contributed by atoms with E-state index < -0.39 is 12.4 Å². The highest BCUT2D eigenvalue weighted by atomic mass is 16.8. The van der Waals surface area contributed by atoms with Crippen LogP contribution in [0.25, 0.3) is 0 Å². The minimum atomic E-state index is -0.682. The number of ether oxygens (including phenoxy) is 3. The zero-order valence-electron chi connectivity index (χ0n) is 7.67. The van der Waals surface area contributed by atoms with Gasteiger partial charge in [0.2, 0.25) is 0 Å². The van der Waals surface area contributed by atoms with Gasteiger partial charge in [-0.1, -0.05) is 18.2 Å². The van der Waals surface area contributed by atoms with Crippen LogP contribution in [0.2, 0.25) is 0 Å². The van der Waals surface area contributed by atoms with Crippen molar-refractivity contribution in [3.63, 3.8) is 0 Å². The molecule has 4 nitrogen and oxygen atoms in total. The van der Waals surface area contributed by atoms with E-state index in [2.05, 4.69) is 0 Å². The molecule has 14 heavy (non-hydrogen) atoms. The fourth-order valence-corrected chi connectivity index (χ4v) is 1.18. The van der Waals surface area contributed by atoms with Crippen LogP contribution < -0.4 is 4.74 Å². The first-order chi connectivity index (χ1) is 6.75. The Balaban J connectivity index is 2.02. The van der Waals surface area contributed by atoms with E-state index in [-0.39, 0.29) is 6.10 Å². The molecule has 0 spiro atoms. The average Bonchev–Trinajstić information content (AvgIpc) is 2.47. The van der Waals surface area contributed by atoms with Crippen LogP contribution in [0.5, 0.6) is 5.75 Å². The van der Waals surface area contributed by atoms with Crippen LogP contribution in [0.15, 0.2) is 30.3 Å². The summed E-state index contributed by atoms with van der Waals surface area (Å²) in [4.78, 5) is 10.7. The van der Waals surface area contributed by atoms with Crippen LogP contribution in [0.1, 0.15) is 6.92 Å². The summed E-state index contributed by atoms with van der Waals surface area (Å²) < 4.78 is 14.9. The lowest BCUT2D eigenvalue weighted by molar-refractivity contribution is -0.0178. The molecule has 0 aromatic heterocycles. The highest BCUT2D eigenvalue weighted by molar-refractivity contribution is 5.62. The topological polar surface area (TPSA) is 44.8 Å². The molecular formula is C10H10O4. The van der Waals surface area contributed by atoms with Gasteiger partial charge < -0.3 is 14.2 Å². The molecule has 1 heterocycles. The Morgan fingerprint density at radius 1 is 1.21 bits per heavy atom. The third kappa shape index (κ3) is 1.79. The molecule has 4 heteroatoms. The Kier molecular flexibility index (Phi) is 2.26. The summed E-state index contributed by atoms with van der Waals surface area (Å²) in [5, 5.41) is 0. The molecule has 0 aliphatic carbocycles. The number of hydrogen-bond donors (Lipinski definition) is 0. The van der Waals surface area contributed by atoms with E-state index >= 15 is 0 Å². The predicted molar refractivity (Wildman–Crippen MR) is 47.9 cm³/mol. The first-order valence-corrected chi connectivity index (χ1v) is 4.34. The van der Waals surface area contributed by atoms with Gasteiger partial charge in [0.25, 0.3) is 6.29 Å². The fraction of sp³-hybridized carbons (Fsp3) is 0.300. The highest BCUT2D eigenvalue weighted by Crippen LogP contribution is 2.19. The predicted octanol–water partition coefficient (Wildman–Crippen LogP) is 1.95. The minimum Gasteiger partial charge on any atom is -0.451 e. The van der Waals surface area contributed by atoms with Gasteiger partial charge in [0.15, 0.2) is 6.10 Å². The molecule has 74 valence electrons. The molecule has 1 aromatic rings. The van der Waals surface area contributed by atoms with Gasteiger partial charge in [-0.15, -0.1) is 0 Å². The molecule has 0 bridgehead atoms. The van der Waals surface area contributed by atoms with Gasteiger partial charge in [0, 0.05) is 0 Å². The van der Waals surface area contributed by atoms with Crippen molar-refractivity contribution < 1.29 is 19.0 Å². The molecule has 1 aliphatic rings. The van der Waals surface area contributed by atoms with E-state index in [4.69, 9.17) is 14.2 Å². The van der Waals surface area contributed by atoms with Crippen molar-refractivity contribution in [2.75, 3.05) is 0 Å². The third-order valence-corrected chi connectivity index (χ3v) is 1.87.